The van der Waals surface area contributed by atoms with E-state index in [1.54, 1.807) is 62.4 Å². The molecule has 2 unspecified atom stereocenters. The van der Waals surface area contributed by atoms with E-state index in [2.05, 4.69) is 5.32 Å². The Morgan fingerprint density at radius 1 is 1.11 bits per heavy atom. The topological polar surface area (TPSA) is 146 Å². The fourth-order valence-corrected chi connectivity index (χ4v) is 4.08. The zero-order valence-electron chi connectivity index (χ0n) is 21.8. The van der Waals surface area contributed by atoms with Gasteiger partial charge in [0.1, 0.15) is 5.75 Å². The number of methoxy groups -OCH3 is 1. The van der Waals surface area contributed by atoms with Gasteiger partial charge in [0.15, 0.2) is 11.8 Å². The van der Waals surface area contributed by atoms with E-state index in [0.717, 1.165) is 10.5 Å². The lowest BCUT2D eigenvalue weighted by atomic mass is 9.82. The van der Waals surface area contributed by atoms with Crippen molar-refractivity contribution >= 4 is 29.3 Å². The van der Waals surface area contributed by atoms with Crippen LogP contribution < -0.4 is 10.1 Å². The second-order valence-corrected chi connectivity index (χ2v) is 9.25. The van der Waals surface area contributed by atoms with E-state index in [0.29, 0.717) is 16.2 Å². The van der Waals surface area contributed by atoms with Crippen molar-refractivity contribution in [1.82, 2.24) is 9.80 Å². The number of anilines is 1. The van der Waals surface area contributed by atoms with Gasteiger partial charge in [-0.3, -0.25) is 19.3 Å². The largest absolute Gasteiger partial charge is 0.495 e. The number of ketones is 1. The van der Waals surface area contributed by atoms with Gasteiger partial charge in [0.2, 0.25) is 6.23 Å². The molecule has 0 bridgehead atoms. The summed E-state index contributed by atoms with van der Waals surface area (Å²) >= 11 is 0. The van der Waals surface area contributed by atoms with Crippen LogP contribution in [0.4, 0.5) is 10.5 Å². The number of rotatable bonds is 12. The van der Waals surface area contributed by atoms with Crippen LogP contribution in [0.25, 0.3) is 0 Å². The quantitative estimate of drug-likeness (QED) is 0.279. The number of urea groups is 1. The van der Waals surface area contributed by atoms with E-state index in [-0.39, 0.29) is 18.8 Å². The molecule has 0 saturated carbocycles. The van der Waals surface area contributed by atoms with E-state index < -0.39 is 54.5 Å². The number of benzene rings is 2. The second kappa shape index (κ2) is 12.2. The minimum Gasteiger partial charge on any atom is -0.495 e. The molecule has 3 N–H and O–H groups in total. The summed E-state index contributed by atoms with van der Waals surface area (Å²) in [6.45, 7) is 3.10. The van der Waals surface area contributed by atoms with E-state index in [1.807, 2.05) is 0 Å². The number of aliphatic hydroxyl groups excluding tert-OH is 2. The van der Waals surface area contributed by atoms with Gasteiger partial charge in [0.05, 0.1) is 38.0 Å². The van der Waals surface area contributed by atoms with Crippen LogP contribution in [0.1, 0.15) is 25.0 Å². The smallest absolute Gasteiger partial charge is 0.330 e. The highest BCUT2D eigenvalue weighted by molar-refractivity contribution is 6.19. The van der Waals surface area contributed by atoms with Crippen LogP contribution in [-0.4, -0.2) is 82.8 Å². The highest BCUT2D eigenvalue weighted by atomic mass is 16.5. The first-order valence-electron chi connectivity index (χ1n) is 12.1. The lowest BCUT2D eigenvalue weighted by molar-refractivity contribution is -0.151. The van der Waals surface area contributed by atoms with Gasteiger partial charge < -0.3 is 25.0 Å². The molecule has 0 spiro atoms. The Morgan fingerprint density at radius 3 is 2.34 bits per heavy atom. The molecule has 1 fully saturated rings. The number of Topliss-reactive ketones (excluding diaryl/α,β-unsaturated/α-hetero) is 1. The highest BCUT2D eigenvalue weighted by Crippen LogP contribution is 2.31. The number of nitrogens with one attached hydrogen (secondary N) is 1. The molecule has 1 saturated heterocycles. The first-order valence-corrected chi connectivity index (χ1v) is 12.1. The summed E-state index contributed by atoms with van der Waals surface area (Å²) in [4.78, 5) is 56.2. The van der Waals surface area contributed by atoms with Crippen molar-refractivity contribution < 1.29 is 38.9 Å². The number of imide groups is 1. The van der Waals surface area contributed by atoms with E-state index in [1.165, 1.54) is 14.0 Å². The number of hydrogen-bond donors (Lipinski definition) is 3. The first kappa shape index (κ1) is 28.8. The summed E-state index contributed by atoms with van der Waals surface area (Å²) in [5.74, 6) is -2.63. The number of carbonyl (C=O) groups is 4. The Bertz CT molecular complexity index is 1180. The zero-order chi connectivity index (χ0) is 28.0. The Morgan fingerprint density at radius 2 is 1.76 bits per heavy atom. The molecule has 1 aliphatic heterocycles. The van der Waals surface area contributed by atoms with Crippen LogP contribution in [0.2, 0.25) is 0 Å². The molecular formula is C27H33N3O8. The number of hydrogen-bond acceptors (Lipinski definition) is 8. The molecule has 2 atom stereocenters. The van der Waals surface area contributed by atoms with Crippen molar-refractivity contribution in [1.29, 1.82) is 0 Å². The van der Waals surface area contributed by atoms with Crippen molar-refractivity contribution in [2.75, 3.05) is 32.2 Å². The number of aryl methyl sites for hydroxylation is 1. The monoisotopic (exact) mass is 527 g/mol. The van der Waals surface area contributed by atoms with Gasteiger partial charge in [-0.05, 0) is 44.0 Å². The molecule has 0 aromatic heterocycles. The van der Waals surface area contributed by atoms with Crippen LogP contribution in [0.3, 0.4) is 0 Å². The summed E-state index contributed by atoms with van der Waals surface area (Å²) in [6.07, 6.45) is -1.38. The highest BCUT2D eigenvalue weighted by Gasteiger charge is 2.55. The van der Waals surface area contributed by atoms with Crippen LogP contribution in [-0.2, 0) is 25.7 Å². The SMILES string of the molecule is CCOC1C(=O)N(C(C(=O)Nc2cc(C)ccc2OC)C(=O)C(C)(CO)CO)C(=O)N1Cc1ccccc1. The lowest BCUT2D eigenvalue weighted by Crippen LogP contribution is -2.57. The normalized spacial score (nSPS) is 16.5. The average Bonchev–Trinajstić information content (AvgIpc) is 3.13. The van der Waals surface area contributed by atoms with Crippen LogP contribution in [0.15, 0.2) is 48.5 Å². The molecule has 2 aromatic carbocycles. The number of nitrogens with zero attached hydrogens (tertiary/aromatic N) is 2. The fraction of sp³-hybridized carbons (Fsp3) is 0.407. The van der Waals surface area contributed by atoms with Crippen molar-refractivity contribution in [3.8, 4) is 5.75 Å². The minimum atomic E-state index is -2.01. The predicted octanol–water partition coefficient (Wildman–Crippen LogP) is 1.70. The van der Waals surface area contributed by atoms with Crippen LogP contribution in [0, 0.1) is 12.3 Å². The summed E-state index contributed by atoms with van der Waals surface area (Å²) in [7, 11) is 1.40. The van der Waals surface area contributed by atoms with Gasteiger partial charge in [-0.15, -0.1) is 0 Å². The molecule has 11 heteroatoms. The maximum atomic E-state index is 13.7. The standard InChI is InChI=1S/C27H33N3O8/c1-5-38-25-24(35)30(26(36)29(25)14-18-9-7-6-8-10-18)21(22(33)27(3,15-31)16-32)23(34)28-19-13-17(2)11-12-20(19)37-4/h6-13,21,25,31-32H,5,14-16H2,1-4H3,(H,28,34). The molecule has 4 amide bonds. The molecule has 0 aliphatic carbocycles. The summed E-state index contributed by atoms with van der Waals surface area (Å²) in [5.41, 5.74) is -0.134. The van der Waals surface area contributed by atoms with E-state index in [9.17, 15) is 29.4 Å². The van der Waals surface area contributed by atoms with Crippen LogP contribution >= 0.6 is 0 Å². The second-order valence-electron chi connectivity index (χ2n) is 9.25. The summed E-state index contributed by atoms with van der Waals surface area (Å²) in [5, 5.41) is 22.4. The van der Waals surface area contributed by atoms with Gasteiger partial charge in [-0.25, -0.2) is 9.69 Å². The molecule has 3 rings (SSSR count). The van der Waals surface area contributed by atoms with Gasteiger partial charge >= 0.3 is 6.03 Å². The van der Waals surface area contributed by atoms with Crippen molar-refractivity contribution in [3.05, 3.63) is 59.7 Å². The Labute approximate surface area is 220 Å². The van der Waals surface area contributed by atoms with Crippen LogP contribution in [0.5, 0.6) is 5.75 Å². The Balaban J connectivity index is 2.07. The maximum Gasteiger partial charge on any atom is 0.330 e. The average molecular weight is 528 g/mol. The maximum absolute atomic E-state index is 13.7. The molecule has 1 heterocycles. The minimum absolute atomic E-state index is 0.0158. The zero-order valence-corrected chi connectivity index (χ0v) is 21.8. The molecule has 1 aliphatic rings. The van der Waals surface area contributed by atoms with Gasteiger partial charge in [0, 0.05) is 6.61 Å². The number of amides is 4. The third kappa shape index (κ3) is 5.69. The number of carbonyl (C=O) groups excluding carboxylic acids is 4. The van der Waals surface area contributed by atoms with Crippen molar-refractivity contribution in [3.63, 3.8) is 0 Å². The number of ether oxygens (including phenoxy) is 2. The Hall–Kier alpha value is -3.80. The van der Waals surface area contributed by atoms with E-state index >= 15 is 0 Å². The predicted molar refractivity (Wildman–Crippen MR) is 137 cm³/mol. The third-order valence-electron chi connectivity index (χ3n) is 6.36. The third-order valence-corrected chi connectivity index (χ3v) is 6.36. The van der Waals surface area contributed by atoms with Crippen molar-refractivity contribution in [2.24, 2.45) is 5.41 Å². The van der Waals surface area contributed by atoms with E-state index in [4.69, 9.17) is 9.47 Å². The lowest BCUT2D eigenvalue weighted by Gasteiger charge is -2.31. The molecule has 2 aromatic rings. The Kier molecular flexibility index (Phi) is 9.21. The van der Waals surface area contributed by atoms with Gasteiger partial charge in [-0.1, -0.05) is 36.4 Å². The molecule has 38 heavy (non-hydrogen) atoms. The van der Waals surface area contributed by atoms with Crippen molar-refractivity contribution in [2.45, 2.75) is 39.6 Å². The summed E-state index contributed by atoms with van der Waals surface area (Å²) in [6, 6.07) is 10.9. The molecule has 204 valence electrons. The van der Waals surface area contributed by atoms with Gasteiger partial charge in [0.25, 0.3) is 11.8 Å². The number of aliphatic hydroxyl groups is 2. The molecular weight excluding hydrogens is 494 g/mol. The van der Waals surface area contributed by atoms with Gasteiger partial charge in [-0.2, -0.15) is 0 Å². The molecule has 0 radical (unpaired) electrons. The fourth-order valence-electron chi connectivity index (χ4n) is 4.08. The summed E-state index contributed by atoms with van der Waals surface area (Å²) < 4.78 is 10.9. The molecule has 11 nitrogen and oxygen atoms in total. The first-order chi connectivity index (χ1) is 18.1.